The maximum Gasteiger partial charge on any atom is 0.130 e. The highest BCUT2D eigenvalue weighted by atomic mass is 32.1. The first-order valence-corrected chi connectivity index (χ1v) is 10.2. The molecule has 0 radical (unpaired) electrons. The third-order valence-corrected chi connectivity index (χ3v) is 4.27. The molecule has 0 aromatic rings. The van der Waals surface area contributed by atoms with Crippen molar-refractivity contribution in [2.75, 3.05) is 6.54 Å². The largest absolute Gasteiger partial charge is 0.371 e. The van der Waals surface area contributed by atoms with Crippen LogP contribution in [0.15, 0.2) is 12.2 Å². The second-order valence-electron chi connectivity index (χ2n) is 6.17. The van der Waals surface area contributed by atoms with E-state index in [1.165, 1.54) is 89.9 Å². The van der Waals surface area contributed by atoms with Gasteiger partial charge in [-0.05, 0) is 32.1 Å². The lowest BCUT2D eigenvalue weighted by molar-refractivity contribution is 0.593. The van der Waals surface area contributed by atoms with Gasteiger partial charge in [0.05, 0.1) is 0 Å². The molecule has 1 nitrogen and oxygen atoms in total. The zero-order valence-corrected chi connectivity index (χ0v) is 16.3. The van der Waals surface area contributed by atoms with Crippen LogP contribution in [0.3, 0.4) is 0 Å². The van der Waals surface area contributed by atoms with E-state index in [0.717, 1.165) is 6.54 Å². The average Bonchev–Trinajstić information content (AvgIpc) is 2.50. The topological polar surface area (TPSA) is 12.0 Å². The Balaban J connectivity index is 3.06. The van der Waals surface area contributed by atoms with Crippen molar-refractivity contribution >= 4 is 29.2 Å². The normalized spacial score (nSPS) is 11.2. The summed E-state index contributed by atoms with van der Waals surface area (Å²) in [6.07, 6.45) is 23.7. The Morgan fingerprint density at radius 3 is 1.73 bits per heavy atom. The van der Waals surface area contributed by atoms with Crippen molar-refractivity contribution in [3.05, 3.63) is 12.2 Å². The van der Waals surface area contributed by atoms with Gasteiger partial charge in [0.25, 0.3) is 0 Å². The first-order valence-electron chi connectivity index (χ1n) is 9.39. The molecule has 0 aliphatic rings. The molecule has 130 valence electrons. The van der Waals surface area contributed by atoms with Crippen LogP contribution in [0.5, 0.6) is 0 Å². The molecule has 0 aliphatic heterocycles. The van der Waals surface area contributed by atoms with Gasteiger partial charge < -0.3 is 5.32 Å². The molecule has 0 bridgehead atoms. The van der Waals surface area contributed by atoms with E-state index in [2.05, 4.69) is 37.0 Å². The van der Waals surface area contributed by atoms with Crippen molar-refractivity contribution in [1.82, 2.24) is 5.32 Å². The number of nitrogens with one attached hydrogen (secondary N) is 1. The van der Waals surface area contributed by atoms with E-state index in [0.29, 0.717) is 4.32 Å². The van der Waals surface area contributed by atoms with Crippen molar-refractivity contribution < 1.29 is 0 Å². The van der Waals surface area contributed by atoms with E-state index in [1.807, 2.05) is 0 Å². The molecular formula is C19H37NS2. The Morgan fingerprint density at radius 1 is 0.773 bits per heavy atom. The lowest BCUT2D eigenvalue weighted by Crippen LogP contribution is -2.17. The fourth-order valence-electron chi connectivity index (χ4n) is 2.57. The molecule has 0 heterocycles. The van der Waals surface area contributed by atoms with Gasteiger partial charge in [-0.1, -0.05) is 89.1 Å². The molecule has 1 N–H and O–H groups in total. The molecule has 0 atom stereocenters. The maximum absolute atomic E-state index is 4.85. The van der Waals surface area contributed by atoms with Crippen molar-refractivity contribution in [2.24, 2.45) is 0 Å². The Bertz CT molecular complexity index is 264. The quantitative estimate of drug-likeness (QED) is 0.138. The smallest absolute Gasteiger partial charge is 0.130 e. The zero-order chi connectivity index (χ0) is 16.3. The summed E-state index contributed by atoms with van der Waals surface area (Å²) in [5, 5.41) is 3.08. The molecule has 0 aromatic heterocycles. The third-order valence-electron chi connectivity index (χ3n) is 3.96. The summed E-state index contributed by atoms with van der Waals surface area (Å²) >= 11 is 8.90. The molecule has 0 rings (SSSR count). The van der Waals surface area contributed by atoms with Crippen LogP contribution >= 0.6 is 24.8 Å². The molecule has 0 amide bonds. The van der Waals surface area contributed by atoms with Crippen LogP contribution in [-0.4, -0.2) is 10.9 Å². The van der Waals surface area contributed by atoms with E-state index in [1.54, 1.807) is 0 Å². The summed E-state index contributed by atoms with van der Waals surface area (Å²) in [6, 6.07) is 0. The molecule has 0 aromatic carbocycles. The standard InChI is InChI=1S/C19H37NS2/c1-2-3-4-5-6-7-8-9-10-11-12-13-14-15-16-17-18-20-19(21)22/h9-10H,2-8,11-18H2,1H3,(H2,20,21,22)/b10-9-. The summed E-state index contributed by atoms with van der Waals surface area (Å²) in [4.78, 5) is 0. The molecular weight excluding hydrogens is 306 g/mol. The average molecular weight is 344 g/mol. The van der Waals surface area contributed by atoms with Crippen molar-refractivity contribution in [3.63, 3.8) is 0 Å². The summed E-state index contributed by atoms with van der Waals surface area (Å²) in [7, 11) is 0. The molecule has 0 aliphatic carbocycles. The summed E-state index contributed by atoms with van der Waals surface area (Å²) < 4.78 is 0.618. The van der Waals surface area contributed by atoms with Gasteiger partial charge >= 0.3 is 0 Å². The van der Waals surface area contributed by atoms with Crippen molar-refractivity contribution in [1.29, 1.82) is 0 Å². The van der Waals surface area contributed by atoms with Gasteiger partial charge in [-0.3, -0.25) is 0 Å². The molecule has 0 unspecified atom stereocenters. The van der Waals surface area contributed by atoms with Crippen LogP contribution in [0.1, 0.15) is 96.8 Å². The lowest BCUT2D eigenvalue weighted by atomic mass is 10.1. The Kier molecular flexibility index (Phi) is 19.0. The number of allylic oxidation sites excluding steroid dienone is 2. The maximum atomic E-state index is 4.85. The summed E-state index contributed by atoms with van der Waals surface area (Å²) in [6.45, 7) is 3.25. The number of hydrogen-bond donors (Lipinski definition) is 2. The Morgan fingerprint density at radius 2 is 1.23 bits per heavy atom. The van der Waals surface area contributed by atoms with Crippen molar-refractivity contribution in [2.45, 2.75) is 96.8 Å². The van der Waals surface area contributed by atoms with Gasteiger partial charge in [0, 0.05) is 6.54 Å². The third kappa shape index (κ3) is 20.0. The number of hydrogen-bond acceptors (Lipinski definition) is 1. The molecule has 0 spiro atoms. The van der Waals surface area contributed by atoms with Crippen LogP contribution in [0.25, 0.3) is 0 Å². The van der Waals surface area contributed by atoms with Crippen LogP contribution in [0.2, 0.25) is 0 Å². The number of rotatable bonds is 16. The number of thiol groups is 1. The first-order chi connectivity index (χ1) is 10.8. The van der Waals surface area contributed by atoms with E-state index in [-0.39, 0.29) is 0 Å². The molecule has 0 fully saturated rings. The summed E-state index contributed by atoms with van der Waals surface area (Å²) in [5.41, 5.74) is 0. The van der Waals surface area contributed by atoms with Crippen LogP contribution in [0, 0.1) is 0 Å². The predicted molar refractivity (Wildman–Crippen MR) is 109 cm³/mol. The molecule has 22 heavy (non-hydrogen) atoms. The lowest BCUT2D eigenvalue weighted by Gasteiger charge is -2.03. The minimum absolute atomic E-state index is 0.618. The Hall–Kier alpha value is -0.0200. The van der Waals surface area contributed by atoms with Gasteiger partial charge in [0.15, 0.2) is 0 Å². The fourth-order valence-corrected chi connectivity index (χ4v) is 2.78. The van der Waals surface area contributed by atoms with Crippen LogP contribution < -0.4 is 5.32 Å². The fraction of sp³-hybridized carbons (Fsp3) is 0.842. The monoisotopic (exact) mass is 343 g/mol. The molecule has 0 saturated heterocycles. The highest BCUT2D eigenvalue weighted by molar-refractivity contribution is 8.11. The number of unbranched alkanes of at least 4 members (excludes halogenated alkanes) is 12. The van der Waals surface area contributed by atoms with Gasteiger partial charge in [-0.25, -0.2) is 0 Å². The minimum atomic E-state index is 0.618. The zero-order valence-electron chi connectivity index (χ0n) is 14.6. The Labute approximate surface area is 150 Å². The van der Waals surface area contributed by atoms with Crippen LogP contribution in [-0.2, 0) is 0 Å². The summed E-state index contributed by atoms with van der Waals surface area (Å²) in [5.74, 6) is 0. The van der Waals surface area contributed by atoms with E-state index < -0.39 is 0 Å². The van der Waals surface area contributed by atoms with Gasteiger partial charge in [-0.15, -0.1) is 12.6 Å². The van der Waals surface area contributed by atoms with E-state index in [9.17, 15) is 0 Å². The van der Waals surface area contributed by atoms with Gasteiger partial charge in [-0.2, -0.15) is 0 Å². The van der Waals surface area contributed by atoms with E-state index in [4.69, 9.17) is 12.2 Å². The SMILES string of the molecule is CCCCCCCC/C=C\CCCCCCCCNC(=S)S. The second kappa shape index (κ2) is 19.0. The number of thiocarbonyl (C=S) groups is 1. The molecule has 0 saturated carbocycles. The minimum Gasteiger partial charge on any atom is -0.371 e. The predicted octanol–water partition coefficient (Wildman–Crippen LogP) is 6.83. The molecule has 3 heteroatoms. The van der Waals surface area contributed by atoms with Gasteiger partial charge in [0.2, 0.25) is 0 Å². The highest BCUT2D eigenvalue weighted by Crippen LogP contribution is 2.09. The van der Waals surface area contributed by atoms with Gasteiger partial charge in [0.1, 0.15) is 4.32 Å². The second-order valence-corrected chi connectivity index (χ2v) is 7.33. The highest BCUT2D eigenvalue weighted by Gasteiger charge is 1.92. The first kappa shape index (κ1) is 22.0. The van der Waals surface area contributed by atoms with E-state index >= 15 is 0 Å². The van der Waals surface area contributed by atoms with Crippen LogP contribution in [0.4, 0.5) is 0 Å². The van der Waals surface area contributed by atoms with Crippen molar-refractivity contribution in [3.8, 4) is 0 Å².